The van der Waals surface area contributed by atoms with Crippen LogP contribution in [0.2, 0.25) is 0 Å². The van der Waals surface area contributed by atoms with Crippen molar-refractivity contribution in [2.24, 2.45) is 0 Å². The molecule has 1 unspecified atom stereocenters. The Balaban J connectivity index is 3.15. The van der Waals surface area contributed by atoms with E-state index in [0.717, 1.165) is 17.7 Å². The number of hydrogen-bond donors (Lipinski definition) is 1. The molecular weight excluding hydrogens is 246 g/mol. The van der Waals surface area contributed by atoms with Gasteiger partial charge in [-0.15, -0.1) is 0 Å². The van der Waals surface area contributed by atoms with Crippen LogP contribution in [0.5, 0.6) is 0 Å². The van der Waals surface area contributed by atoms with Crippen LogP contribution in [-0.2, 0) is 6.18 Å². The number of nitrogens with one attached hydrogen (secondary N) is 1. The predicted molar refractivity (Wildman–Crippen MR) is 63.6 cm³/mol. The summed E-state index contributed by atoms with van der Waals surface area (Å²) in [6, 6.07) is 2.53. The lowest BCUT2D eigenvalue weighted by molar-refractivity contribution is -0.137. The summed E-state index contributed by atoms with van der Waals surface area (Å²) in [6.07, 6.45) is -2.99. The maximum Gasteiger partial charge on any atom is 0.416 e. The Labute approximate surface area is 104 Å². The SMILES string of the molecule is CNC(C)/C(C)=C/c1cc(F)cc(C(F)(F)F)c1. The van der Waals surface area contributed by atoms with Crippen molar-refractivity contribution in [1.29, 1.82) is 0 Å². The van der Waals surface area contributed by atoms with Crippen molar-refractivity contribution >= 4 is 6.08 Å². The van der Waals surface area contributed by atoms with Gasteiger partial charge >= 0.3 is 6.18 Å². The highest BCUT2D eigenvalue weighted by atomic mass is 19.4. The van der Waals surface area contributed by atoms with E-state index in [1.165, 1.54) is 0 Å². The van der Waals surface area contributed by atoms with Crippen LogP contribution in [-0.4, -0.2) is 13.1 Å². The lowest BCUT2D eigenvalue weighted by atomic mass is 10.0. The van der Waals surface area contributed by atoms with Gasteiger partial charge in [-0.1, -0.05) is 11.6 Å². The molecule has 0 fully saturated rings. The second-order valence-electron chi connectivity index (χ2n) is 4.17. The fraction of sp³-hybridized carbons (Fsp3) is 0.385. The van der Waals surface area contributed by atoms with Crippen molar-refractivity contribution in [3.63, 3.8) is 0 Å². The molecule has 0 heterocycles. The summed E-state index contributed by atoms with van der Waals surface area (Å²) in [5.41, 5.74) is 0.0665. The van der Waals surface area contributed by atoms with E-state index >= 15 is 0 Å². The first-order valence-electron chi connectivity index (χ1n) is 5.47. The third kappa shape index (κ3) is 3.84. The van der Waals surface area contributed by atoms with Crippen molar-refractivity contribution in [3.05, 3.63) is 40.7 Å². The van der Waals surface area contributed by atoms with Crippen LogP contribution >= 0.6 is 0 Å². The van der Waals surface area contributed by atoms with Gasteiger partial charge in [-0.2, -0.15) is 13.2 Å². The molecule has 0 aromatic heterocycles. The highest BCUT2D eigenvalue weighted by molar-refractivity contribution is 5.54. The fourth-order valence-electron chi connectivity index (χ4n) is 1.47. The Morgan fingerprint density at radius 2 is 1.89 bits per heavy atom. The lowest BCUT2D eigenvalue weighted by Crippen LogP contribution is -2.22. The van der Waals surface area contributed by atoms with Crippen molar-refractivity contribution in [2.75, 3.05) is 7.05 Å². The largest absolute Gasteiger partial charge is 0.416 e. The summed E-state index contributed by atoms with van der Waals surface area (Å²) in [5.74, 6) is -0.888. The van der Waals surface area contributed by atoms with Gasteiger partial charge in [0.1, 0.15) is 5.82 Å². The molecule has 0 saturated heterocycles. The highest BCUT2D eigenvalue weighted by Gasteiger charge is 2.31. The van der Waals surface area contributed by atoms with E-state index in [1.54, 1.807) is 20.0 Å². The van der Waals surface area contributed by atoms with Gasteiger partial charge in [-0.3, -0.25) is 0 Å². The molecule has 0 aliphatic carbocycles. The molecule has 0 aliphatic rings. The Kier molecular flexibility index (Phi) is 4.51. The van der Waals surface area contributed by atoms with Gasteiger partial charge in [0, 0.05) is 6.04 Å². The standard InChI is InChI=1S/C13H15F4N/c1-8(9(2)18-3)4-10-5-11(13(15,16)17)7-12(14)6-10/h4-7,9,18H,1-3H3/b8-4+. The van der Waals surface area contributed by atoms with E-state index in [-0.39, 0.29) is 11.6 Å². The van der Waals surface area contributed by atoms with Crippen LogP contribution in [0.3, 0.4) is 0 Å². The second kappa shape index (κ2) is 5.52. The highest BCUT2D eigenvalue weighted by Crippen LogP contribution is 2.30. The molecule has 0 saturated carbocycles. The number of benzene rings is 1. The average molecular weight is 261 g/mol. The van der Waals surface area contributed by atoms with Crippen molar-refractivity contribution < 1.29 is 17.6 Å². The zero-order valence-corrected chi connectivity index (χ0v) is 10.4. The number of rotatable bonds is 3. The molecule has 1 rings (SSSR count). The van der Waals surface area contributed by atoms with E-state index < -0.39 is 17.6 Å². The monoisotopic (exact) mass is 261 g/mol. The van der Waals surface area contributed by atoms with Crippen LogP contribution in [0.15, 0.2) is 23.8 Å². The Morgan fingerprint density at radius 1 is 1.28 bits per heavy atom. The van der Waals surface area contributed by atoms with Crippen LogP contribution in [0.1, 0.15) is 25.0 Å². The van der Waals surface area contributed by atoms with Gasteiger partial charge in [-0.25, -0.2) is 4.39 Å². The molecule has 5 heteroatoms. The minimum absolute atomic E-state index is 0.0163. The zero-order chi connectivity index (χ0) is 13.9. The summed E-state index contributed by atoms with van der Waals surface area (Å²) in [4.78, 5) is 0. The number of alkyl halides is 3. The zero-order valence-electron chi connectivity index (χ0n) is 10.4. The van der Waals surface area contributed by atoms with Crippen molar-refractivity contribution in [1.82, 2.24) is 5.32 Å². The molecule has 100 valence electrons. The topological polar surface area (TPSA) is 12.0 Å². The van der Waals surface area contributed by atoms with Crippen LogP contribution < -0.4 is 5.32 Å². The van der Waals surface area contributed by atoms with Crippen LogP contribution in [0.25, 0.3) is 6.08 Å². The van der Waals surface area contributed by atoms with E-state index in [9.17, 15) is 17.6 Å². The maximum atomic E-state index is 13.1. The van der Waals surface area contributed by atoms with E-state index in [4.69, 9.17) is 0 Å². The molecule has 0 spiro atoms. The molecule has 1 aromatic carbocycles. The number of halogens is 4. The van der Waals surface area contributed by atoms with E-state index in [1.807, 2.05) is 6.92 Å². The molecule has 1 N–H and O–H groups in total. The Bertz CT molecular complexity index is 449. The first-order chi connectivity index (χ1) is 8.24. The van der Waals surface area contributed by atoms with E-state index in [2.05, 4.69) is 5.32 Å². The van der Waals surface area contributed by atoms with Crippen molar-refractivity contribution in [2.45, 2.75) is 26.1 Å². The summed E-state index contributed by atoms with van der Waals surface area (Å²) in [5, 5.41) is 2.96. The van der Waals surface area contributed by atoms with E-state index in [0.29, 0.717) is 6.07 Å². The molecule has 18 heavy (non-hydrogen) atoms. The summed E-state index contributed by atoms with van der Waals surface area (Å²) in [6.45, 7) is 3.65. The Morgan fingerprint density at radius 3 is 2.39 bits per heavy atom. The predicted octanol–water partition coefficient (Wildman–Crippen LogP) is 3.86. The Hall–Kier alpha value is -1.36. The van der Waals surface area contributed by atoms with Gasteiger partial charge in [0.2, 0.25) is 0 Å². The quantitative estimate of drug-likeness (QED) is 0.815. The number of hydrogen-bond acceptors (Lipinski definition) is 1. The summed E-state index contributed by atoms with van der Waals surface area (Å²) in [7, 11) is 1.74. The lowest BCUT2D eigenvalue weighted by Gasteiger charge is -2.12. The molecule has 0 bridgehead atoms. The second-order valence-corrected chi connectivity index (χ2v) is 4.17. The number of likely N-dealkylation sites (N-methyl/N-ethyl adjacent to an activating group) is 1. The normalized spacial score (nSPS) is 14.7. The third-order valence-corrected chi connectivity index (χ3v) is 2.76. The van der Waals surface area contributed by atoms with Gasteiger partial charge in [0.25, 0.3) is 0 Å². The minimum Gasteiger partial charge on any atom is -0.314 e. The van der Waals surface area contributed by atoms with Crippen molar-refractivity contribution in [3.8, 4) is 0 Å². The fourth-order valence-corrected chi connectivity index (χ4v) is 1.47. The first-order valence-corrected chi connectivity index (χ1v) is 5.47. The smallest absolute Gasteiger partial charge is 0.314 e. The molecule has 1 atom stereocenters. The molecule has 1 aromatic rings. The molecule has 0 radical (unpaired) electrons. The molecule has 1 nitrogen and oxygen atoms in total. The first kappa shape index (κ1) is 14.7. The van der Waals surface area contributed by atoms with Gasteiger partial charge in [0.05, 0.1) is 5.56 Å². The molecule has 0 amide bonds. The van der Waals surface area contributed by atoms with Gasteiger partial charge in [0.15, 0.2) is 0 Å². The summed E-state index contributed by atoms with van der Waals surface area (Å²) < 4.78 is 50.7. The van der Waals surface area contributed by atoms with Gasteiger partial charge < -0.3 is 5.32 Å². The molecular formula is C13H15F4N. The minimum atomic E-state index is -4.53. The average Bonchev–Trinajstić information content (AvgIpc) is 2.25. The van der Waals surface area contributed by atoms with Crippen LogP contribution in [0, 0.1) is 5.82 Å². The summed E-state index contributed by atoms with van der Waals surface area (Å²) >= 11 is 0. The maximum absolute atomic E-state index is 13.1. The molecule has 0 aliphatic heterocycles. The van der Waals surface area contributed by atoms with Gasteiger partial charge in [-0.05, 0) is 44.7 Å². The third-order valence-electron chi connectivity index (χ3n) is 2.76. The van der Waals surface area contributed by atoms with Crippen LogP contribution in [0.4, 0.5) is 17.6 Å².